The molecule has 2 N–H and O–H groups in total. The normalized spacial score (nSPS) is 12.2. The van der Waals surface area contributed by atoms with E-state index in [1.807, 2.05) is 0 Å². The van der Waals surface area contributed by atoms with E-state index in [1.54, 1.807) is 13.0 Å². The van der Waals surface area contributed by atoms with Gasteiger partial charge in [-0.2, -0.15) is 0 Å². The fourth-order valence-corrected chi connectivity index (χ4v) is 2.31. The van der Waals surface area contributed by atoms with Crippen molar-refractivity contribution in [2.24, 2.45) is 0 Å². The van der Waals surface area contributed by atoms with Crippen LogP contribution in [0, 0.1) is 11.6 Å². The molecule has 0 saturated carbocycles. The van der Waals surface area contributed by atoms with E-state index in [1.165, 1.54) is 6.20 Å². The van der Waals surface area contributed by atoms with Crippen LogP contribution in [-0.4, -0.2) is 4.98 Å². The highest BCUT2D eigenvalue weighted by Gasteiger charge is 2.20. The third kappa shape index (κ3) is 3.02. The van der Waals surface area contributed by atoms with Crippen molar-refractivity contribution >= 4 is 33.3 Å². The van der Waals surface area contributed by atoms with E-state index in [0.717, 1.165) is 12.1 Å². The van der Waals surface area contributed by atoms with Gasteiger partial charge in [-0.1, -0.05) is 11.6 Å². The van der Waals surface area contributed by atoms with E-state index in [-0.39, 0.29) is 22.2 Å². The second kappa shape index (κ2) is 5.93. The maximum atomic E-state index is 13.8. The average Bonchev–Trinajstić information content (AvgIpc) is 2.39. The minimum absolute atomic E-state index is 0.0638. The summed E-state index contributed by atoms with van der Waals surface area (Å²) in [6, 6.07) is 3.55. The summed E-state index contributed by atoms with van der Waals surface area (Å²) in [7, 11) is 0. The summed E-state index contributed by atoms with van der Waals surface area (Å²) in [4.78, 5) is 3.89. The highest BCUT2D eigenvalue weighted by Crippen LogP contribution is 2.33. The van der Waals surface area contributed by atoms with E-state index < -0.39 is 17.7 Å². The first-order chi connectivity index (χ1) is 9.40. The van der Waals surface area contributed by atoms with E-state index >= 15 is 0 Å². The van der Waals surface area contributed by atoms with Gasteiger partial charge in [0.15, 0.2) is 11.6 Å². The molecule has 0 aliphatic carbocycles. The van der Waals surface area contributed by atoms with Crippen LogP contribution in [0.1, 0.15) is 18.6 Å². The van der Waals surface area contributed by atoms with Gasteiger partial charge in [0.2, 0.25) is 0 Å². The molecule has 20 heavy (non-hydrogen) atoms. The van der Waals surface area contributed by atoms with E-state index in [2.05, 4.69) is 20.9 Å². The number of nitrogens with zero attached hydrogens (tertiary/aromatic N) is 1. The second-order valence-corrected chi connectivity index (χ2v) is 5.35. The van der Waals surface area contributed by atoms with Gasteiger partial charge in [0.1, 0.15) is 17.7 Å². The summed E-state index contributed by atoms with van der Waals surface area (Å²) in [5.74, 6) is -0.955. The van der Waals surface area contributed by atoms with Crippen molar-refractivity contribution < 1.29 is 13.5 Å². The van der Waals surface area contributed by atoms with Crippen molar-refractivity contribution in [2.45, 2.75) is 13.0 Å². The zero-order valence-electron chi connectivity index (χ0n) is 10.3. The summed E-state index contributed by atoms with van der Waals surface area (Å²) in [5.41, 5.74) is 5.60. The summed E-state index contributed by atoms with van der Waals surface area (Å²) in [6.07, 6.45) is 0.680. The van der Waals surface area contributed by atoms with Crippen LogP contribution in [-0.2, 0) is 0 Å². The molecule has 0 fully saturated rings. The third-order valence-corrected chi connectivity index (χ3v) is 3.46. The molecule has 0 amide bonds. The van der Waals surface area contributed by atoms with Gasteiger partial charge in [0, 0.05) is 16.2 Å². The van der Waals surface area contributed by atoms with Gasteiger partial charge in [0.25, 0.3) is 0 Å². The van der Waals surface area contributed by atoms with Gasteiger partial charge in [-0.05, 0) is 41.1 Å². The Kier molecular flexibility index (Phi) is 4.45. The quantitative estimate of drug-likeness (QED) is 0.817. The maximum Gasteiger partial charge on any atom is 0.166 e. The summed E-state index contributed by atoms with van der Waals surface area (Å²) < 4.78 is 33.4. The van der Waals surface area contributed by atoms with Crippen molar-refractivity contribution in [1.29, 1.82) is 0 Å². The lowest BCUT2D eigenvalue weighted by molar-refractivity contribution is 0.221. The van der Waals surface area contributed by atoms with Crippen LogP contribution in [0.5, 0.6) is 5.75 Å². The molecule has 0 spiro atoms. The van der Waals surface area contributed by atoms with Crippen molar-refractivity contribution in [3.05, 3.63) is 51.1 Å². The number of benzene rings is 1. The van der Waals surface area contributed by atoms with Crippen molar-refractivity contribution in [3.8, 4) is 5.75 Å². The molecule has 0 radical (unpaired) electrons. The van der Waals surface area contributed by atoms with Crippen LogP contribution < -0.4 is 10.5 Å². The Morgan fingerprint density at radius 3 is 2.70 bits per heavy atom. The minimum atomic E-state index is -0.823. The molecule has 0 saturated heterocycles. The highest BCUT2D eigenvalue weighted by atomic mass is 79.9. The van der Waals surface area contributed by atoms with Crippen LogP contribution in [0.3, 0.4) is 0 Å². The van der Waals surface area contributed by atoms with E-state index in [4.69, 9.17) is 22.1 Å². The van der Waals surface area contributed by atoms with Gasteiger partial charge in [-0.25, -0.2) is 13.8 Å². The van der Waals surface area contributed by atoms with Crippen LogP contribution in [0.4, 0.5) is 14.6 Å². The highest BCUT2D eigenvalue weighted by molar-refractivity contribution is 9.10. The Morgan fingerprint density at radius 1 is 1.35 bits per heavy atom. The summed E-state index contributed by atoms with van der Waals surface area (Å²) in [5, 5.41) is -0.306. The number of nitrogen functional groups attached to an aromatic ring is 1. The molecule has 1 atom stereocenters. The standard InChI is InChI=1S/C13H10BrClF2N2O/c1-6(11-8(16)2-3-9(17)12(11)15)20-10-4-7(14)5-19-13(10)18/h2-6H,1H3,(H2,18,19)/t6-/m1/s1. The van der Waals surface area contributed by atoms with Gasteiger partial charge < -0.3 is 10.5 Å². The molecule has 1 aromatic heterocycles. The molecular formula is C13H10BrClF2N2O. The first-order valence-electron chi connectivity index (χ1n) is 5.61. The number of hydrogen-bond donors (Lipinski definition) is 1. The lowest BCUT2D eigenvalue weighted by atomic mass is 10.1. The van der Waals surface area contributed by atoms with E-state index in [9.17, 15) is 8.78 Å². The monoisotopic (exact) mass is 362 g/mol. The van der Waals surface area contributed by atoms with Crippen LogP contribution in [0.25, 0.3) is 0 Å². The number of ether oxygens (including phenoxy) is 1. The molecule has 7 heteroatoms. The number of nitrogens with two attached hydrogens (primary N) is 1. The molecule has 0 unspecified atom stereocenters. The molecular weight excluding hydrogens is 354 g/mol. The van der Waals surface area contributed by atoms with Crippen LogP contribution >= 0.6 is 27.5 Å². The van der Waals surface area contributed by atoms with Crippen LogP contribution in [0.15, 0.2) is 28.9 Å². The molecule has 0 aliphatic heterocycles. The molecule has 0 aliphatic rings. The number of anilines is 1. The lowest BCUT2D eigenvalue weighted by Crippen LogP contribution is -2.09. The van der Waals surface area contributed by atoms with Gasteiger partial charge >= 0.3 is 0 Å². The van der Waals surface area contributed by atoms with E-state index in [0.29, 0.717) is 4.47 Å². The molecule has 106 valence electrons. The van der Waals surface area contributed by atoms with Crippen molar-refractivity contribution in [2.75, 3.05) is 5.73 Å². The van der Waals surface area contributed by atoms with Crippen molar-refractivity contribution in [1.82, 2.24) is 4.98 Å². The predicted octanol–water partition coefficient (Wildman–Crippen LogP) is 4.50. The minimum Gasteiger partial charge on any atom is -0.482 e. The second-order valence-electron chi connectivity index (χ2n) is 4.05. The number of hydrogen-bond acceptors (Lipinski definition) is 3. The lowest BCUT2D eigenvalue weighted by Gasteiger charge is -2.18. The Labute approximate surface area is 127 Å². The number of pyridine rings is 1. The fourth-order valence-electron chi connectivity index (χ4n) is 1.69. The summed E-state index contributed by atoms with van der Waals surface area (Å²) >= 11 is 9.00. The van der Waals surface area contributed by atoms with Crippen molar-refractivity contribution in [3.63, 3.8) is 0 Å². The zero-order chi connectivity index (χ0) is 14.9. The maximum absolute atomic E-state index is 13.8. The molecule has 2 aromatic rings. The molecule has 0 bridgehead atoms. The number of rotatable bonds is 3. The largest absolute Gasteiger partial charge is 0.482 e. The Morgan fingerprint density at radius 2 is 2.00 bits per heavy atom. The average molecular weight is 364 g/mol. The van der Waals surface area contributed by atoms with Crippen LogP contribution in [0.2, 0.25) is 5.02 Å². The molecule has 1 aromatic carbocycles. The van der Waals surface area contributed by atoms with Gasteiger partial charge in [-0.3, -0.25) is 0 Å². The fraction of sp³-hybridized carbons (Fsp3) is 0.154. The third-order valence-electron chi connectivity index (χ3n) is 2.64. The molecule has 1 heterocycles. The molecule has 3 nitrogen and oxygen atoms in total. The van der Waals surface area contributed by atoms with Gasteiger partial charge in [0.05, 0.1) is 5.02 Å². The number of aromatic nitrogens is 1. The SMILES string of the molecule is C[C@@H](Oc1cc(Br)cnc1N)c1c(F)ccc(F)c1Cl. The first-order valence-corrected chi connectivity index (χ1v) is 6.78. The Hall–Kier alpha value is -1.40. The zero-order valence-corrected chi connectivity index (χ0v) is 12.7. The summed E-state index contributed by atoms with van der Waals surface area (Å²) in [6.45, 7) is 1.55. The number of halogens is 4. The smallest absolute Gasteiger partial charge is 0.166 e. The topological polar surface area (TPSA) is 48.1 Å². The molecule has 2 rings (SSSR count). The van der Waals surface area contributed by atoms with Gasteiger partial charge in [-0.15, -0.1) is 0 Å². The predicted molar refractivity (Wildman–Crippen MR) is 76.8 cm³/mol. The Bertz CT molecular complexity index is 655. The Balaban J connectivity index is 2.35. The first kappa shape index (κ1) is 15.0.